The van der Waals surface area contributed by atoms with Gasteiger partial charge in [-0.15, -0.1) is 0 Å². The van der Waals surface area contributed by atoms with Gasteiger partial charge < -0.3 is 4.42 Å². The van der Waals surface area contributed by atoms with Crippen LogP contribution < -0.4 is 0 Å². The van der Waals surface area contributed by atoms with Gasteiger partial charge in [-0.3, -0.25) is 0 Å². The molecule has 0 bridgehead atoms. The fourth-order valence-electron chi connectivity index (χ4n) is 1.90. The second-order valence-electron chi connectivity index (χ2n) is 4.04. The Morgan fingerprint density at radius 2 is 1.83 bits per heavy atom. The van der Waals surface area contributed by atoms with Gasteiger partial charge in [0, 0.05) is 15.3 Å². The highest BCUT2D eigenvalue weighted by Crippen LogP contribution is 2.38. The molecule has 3 rings (SSSR count). The highest BCUT2D eigenvalue weighted by atomic mass is 35.5. The third kappa shape index (κ3) is 2.14. The molecular weight excluding hydrogens is 264 g/mol. The molecule has 3 aromatic rings. The van der Waals surface area contributed by atoms with Gasteiger partial charge in [-0.1, -0.05) is 41.6 Å². The minimum atomic E-state index is 0.734. The Morgan fingerprint density at radius 1 is 1.06 bits per heavy atom. The monoisotopic (exact) mass is 274 g/mol. The SMILES string of the molecule is Cc1oc2ccc(Cl)cc2c1Sc1ccccc1. The number of rotatable bonds is 2. The van der Waals surface area contributed by atoms with E-state index in [1.165, 1.54) is 4.90 Å². The van der Waals surface area contributed by atoms with E-state index in [1.54, 1.807) is 11.8 Å². The van der Waals surface area contributed by atoms with Gasteiger partial charge in [0.1, 0.15) is 11.3 Å². The number of fused-ring (bicyclic) bond motifs is 1. The summed E-state index contributed by atoms with van der Waals surface area (Å²) in [6.45, 7) is 1.99. The molecule has 0 N–H and O–H groups in total. The van der Waals surface area contributed by atoms with E-state index in [1.807, 2.05) is 43.3 Å². The third-order valence-electron chi connectivity index (χ3n) is 2.73. The van der Waals surface area contributed by atoms with Crippen LogP contribution in [0, 0.1) is 6.92 Å². The summed E-state index contributed by atoms with van der Waals surface area (Å²) < 4.78 is 5.75. The summed E-state index contributed by atoms with van der Waals surface area (Å²) in [6.07, 6.45) is 0. The molecule has 0 saturated heterocycles. The van der Waals surface area contributed by atoms with Crippen molar-refractivity contribution in [1.29, 1.82) is 0 Å². The van der Waals surface area contributed by atoms with Crippen LogP contribution in [0.4, 0.5) is 0 Å². The van der Waals surface area contributed by atoms with E-state index in [-0.39, 0.29) is 0 Å². The predicted octanol–water partition coefficient (Wildman–Crippen LogP) is 5.55. The second-order valence-corrected chi connectivity index (χ2v) is 5.56. The van der Waals surface area contributed by atoms with Crippen LogP contribution in [0.15, 0.2) is 62.7 Å². The molecule has 0 spiro atoms. The normalized spacial score (nSPS) is 11.0. The van der Waals surface area contributed by atoms with Gasteiger partial charge in [0.25, 0.3) is 0 Å². The zero-order chi connectivity index (χ0) is 12.5. The van der Waals surface area contributed by atoms with E-state index in [0.717, 1.165) is 26.6 Å². The molecule has 2 aromatic carbocycles. The van der Waals surface area contributed by atoms with Gasteiger partial charge in [-0.2, -0.15) is 0 Å². The van der Waals surface area contributed by atoms with Crippen molar-refractivity contribution in [3.05, 3.63) is 59.3 Å². The van der Waals surface area contributed by atoms with Gasteiger partial charge in [0.05, 0.1) is 4.90 Å². The van der Waals surface area contributed by atoms with Gasteiger partial charge >= 0.3 is 0 Å². The molecule has 1 nitrogen and oxygen atoms in total. The summed E-state index contributed by atoms with van der Waals surface area (Å²) in [5.74, 6) is 0.932. The second kappa shape index (κ2) is 4.71. The Labute approximate surface area is 115 Å². The van der Waals surface area contributed by atoms with Crippen LogP contribution in [0.25, 0.3) is 11.0 Å². The molecule has 0 amide bonds. The number of hydrogen-bond donors (Lipinski definition) is 0. The van der Waals surface area contributed by atoms with Gasteiger partial charge in [-0.05, 0) is 37.3 Å². The smallest absolute Gasteiger partial charge is 0.135 e. The van der Waals surface area contributed by atoms with Gasteiger partial charge in [-0.25, -0.2) is 0 Å². The Morgan fingerprint density at radius 3 is 2.61 bits per heavy atom. The molecule has 1 heterocycles. The van der Waals surface area contributed by atoms with E-state index in [9.17, 15) is 0 Å². The lowest BCUT2D eigenvalue weighted by Gasteiger charge is -2.00. The average molecular weight is 275 g/mol. The van der Waals surface area contributed by atoms with Crippen LogP contribution in [-0.4, -0.2) is 0 Å². The van der Waals surface area contributed by atoms with Crippen molar-refractivity contribution in [2.75, 3.05) is 0 Å². The quantitative estimate of drug-likeness (QED) is 0.608. The average Bonchev–Trinajstić information content (AvgIpc) is 2.67. The summed E-state index contributed by atoms with van der Waals surface area (Å²) in [5.41, 5.74) is 0.885. The van der Waals surface area contributed by atoms with E-state index < -0.39 is 0 Å². The maximum Gasteiger partial charge on any atom is 0.135 e. The first-order chi connectivity index (χ1) is 8.74. The van der Waals surface area contributed by atoms with Crippen molar-refractivity contribution in [2.24, 2.45) is 0 Å². The minimum absolute atomic E-state index is 0.734. The largest absolute Gasteiger partial charge is 0.460 e. The summed E-state index contributed by atoms with van der Waals surface area (Å²) in [6, 6.07) is 16.0. The lowest BCUT2D eigenvalue weighted by atomic mass is 10.2. The lowest BCUT2D eigenvalue weighted by molar-refractivity contribution is 0.568. The number of hydrogen-bond acceptors (Lipinski definition) is 2. The fourth-order valence-corrected chi connectivity index (χ4v) is 3.06. The zero-order valence-electron chi connectivity index (χ0n) is 9.81. The van der Waals surface area contributed by atoms with Crippen molar-refractivity contribution in [3.8, 4) is 0 Å². The topological polar surface area (TPSA) is 13.1 Å². The Kier molecular flexibility index (Phi) is 3.06. The summed E-state index contributed by atoms with van der Waals surface area (Å²) in [5, 5.41) is 1.81. The molecule has 0 saturated carbocycles. The molecule has 90 valence electrons. The van der Waals surface area contributed by atoms with Crippen LogP contribution in [0.2, 0.25) is 5.02 Å². The van der Waals surface area contributed by atoms with E-state index in [4.69, 9.17) is 16.0 Å². The van der Waals surface area contributed by atoms with Crippen LogP contribution in [0.1, 0.15) is 5.76 Å². The molecule has 18 heavy (non-hydrogen) atoms. The third-order valence-corrected chi connectivity index (χ3v) is 4.19. The summed E-state index contributed by atoms with van der Waals surface area (Å²) in [7, 11) is 0. The van der Waals surface area contributed by atoms with Crippen LogP contribution in [-0.2, 0) is 0 Å². The molecule has 0 fully saturated rings. The first-order valence-electron chi connectivity index (χ1n) is 5.65. The fraction of sp³-hybridized carbons (Fsp3) is 0.0667. The van der Waals surface area contributed by atoms with E-state index >= 15 is 0 Å². The molecular formula is C15H11ClOS. The minimum Gasteiger partial charge on any atom is -0.460 e. The van der Waals surface area contributed by atoms with E-state index in [0.29, 0.717) is 0 Å². The highest BCUT2D eigenvalue weighted by molar-refractivity contribution is 7.99. The molecule has 3 heteroatoms. The van der Waals surface area contributed by atoms with Crippen LogP contribution in [0.5, 0.6) is 0 Å². The molecule has 0 radical (unpaired) electrons. The molecule has 0 aliphatic rings. The van der Waals surface area contributed by atoms with Crippen molar-refractivity contribution in [1.82, 2.24) is 0 Å². The van der Waals surface area contributed by atoms with Crippen LogP contribution in [0.3, 0.4) is 0 Å². The summed E-state index contributed by atoms with van der Waals surface area (Å²) >= 11 is 7.76. The Bertz CT molecular complexity index is 688. The molecule has 0 aliphatic carbocycles. The van der Waals surface area contributed by atoms with Gasteiger partial charge in [0.2, 0.25) is 0 Å². The predicted molar refractivity (Wildman–Crippen MR) is 76.5 cm³/mol. The van der Waals surface area contributed by atoms with Crippen molar-refractivity contribution in [3.63, 3.8) is 0 Å². The summed E-state index contributed by atoms with van der Waals surface area (Å²) in [4.78, 5) is 2.34. The number of halogens is 1. The molecule has 0 aliphatic heterocycles. The standard InChI is InChI=1S/C15H11ClOS/c1-10-15(18-12-5-3-2-4-6-12)13-9-11(16)7-8-14(13)17-10/h2-9H,1H3. The highest BCUT2D eigenvalue weighted by Gasteiger charge is 2.12. The van der Waals surface area contributed by atoms with Crippen molar-refractivity contribution >= 4 is 34.3 Å². The molecule has 1 aromatic heterocycles. The van der Waals surface area contributed by atoms with Gasteiger partial charge in [0.15, 0.2) is 0 Å². The first-order valence-corrected chi connectivity index (χ1v) is 6.85. The first kappa shape index (κ1) is 11.7. The Hall–Kier alpha value is -1.38. The van der Waals surface area contributed by atoms with Crippen molar-refractivity contribution in [2.45, 2.75) is 16.7 Å². The Balaban J connectivity index is 2.11. The van der Waals surface area contributed by atoms with Crippen LogP contribution >= 0.6 is 23.4 Å². The zero-order valence-corrected chi connectivity index (χ0v) is 11.4. The number of aryl methyl sites for hydroxylation is 1. The van der Waals surface area contributed by atoms with E-state index in [2.05, 4.69) is 12.1 Å². The molecule has 0 atom stereocenters. The maximum atomic E-state index is 6.05. The molecule has 0 unspecified atom stereocenters. The van der Waals surface area contributed by atoms with Crippen molar-refractivity contribution < 1.29 is 4.42 Å². The maximum absolute atomic E-state index is 6.05. The lowest BCUT2D eigenvalue weighted by Crippen LogP contribution is -1.74. The number of benzene rings is 2. The number of furan rings is 1.